The molecule has 1 aromatic heterocycles. The van der Waals surface area contributed by atoms with Gasteiger partial charge < -0.3 is 9.88 Å². The van der Waals surface area contributed by atoms with Gasteiger partial charge in [0.05, 0.1) is 11.4 Å². The minimum absolute atomic E-state index is 0.191. The minimum Gasteiger partial charge on any atom is -0.364 e. The van der Waals surface area contributed by atoms with Gasteiger partial charge in [-0.2, -0.15) is 0 Å². The predicted octanol–water partition coefficient (Wildman–Crippen LogP) is 4.15. The first-order chi connectivity index (χ1) is 14.6. The molecule has 0 fully saturated rings. The van der Waals surface area contributed by atoms with Gasteiger partial charge >= 0.3 is 0 Å². The summed E-state index contributed by atoms with van der Waals surface area (Å²) in [5.74, 6) is 2.13. The molecule has 7 heteroatoms. The third-order valence-electron chi connectivity index (χ3n) is 6.20. The van der Waals surface area contributed by atoms with E-state index in [1.54, 1.807) is 12.1 Å². The predicted molar refractivity (Wildman–Crippen MR) is 125 cm³/mol. The van der Waals surface area contributed by atoms with Gasteiger partial charge in [-0.25, -0.2) is 18.5 Å². The zero-order chi connectivity index (χ0) is 22.4. The molecule has 2 aliphatic rings. The summed E-state index contributed by atoms with van der Waals surface area (Å²) in [5, 5.41) is 9.03. The van der Waals surface area contributed by atoms with E-state index in [4.69, 9.17) is 10.1 Å². The molecule has 0 radical (unpaired) electrons. The lowest BCUT2D eigenvalue weighted by atomic mass is 9.76. The van der Waals surface area contributed by atoms with Crippen molar-refractivity contribution in [1.29, 1.82) is 0 Å². The fourth-order valence-electron chi connectivity index (χ4n) is 4.53. The molecule has 6 nitrogen and oxygen atoms in total. The molecule has 31 heavy (non-hydrogen) atoms. The second kappa shape index (κ2) is 7.80. The number of allylic oxidation sites excluding steroid dienone is 5. The maximum Gasteiger partial charge on any atom is 0.238 e. The van der Waals surface area contributed by atoms with Gasteiger partial charge in [-0.3, -0.25) is 0 Å². The second-order valence-corrected chi connectivity index (χ2v) is 10.3. The molecule has 2 aromatic rings. The number of fused-ring (bicyclic) bond motifs is 1. The van der Waals surface area contributed by atoms with Crippen LogP contribution in [0.4, 0.5) is 5.82 Å². The number of nitrogens with one attached hydrogen (secondary N) is 1. The Kier molecular flexibility index (Phi) is 5.43. The van der Waals surface area contributed by atoms with Gasteiger partial charge in [-0.05, 0) is 43.0 Å². The zero-order valence-electron chi connectivity index (χ0n) is 18.5. The maximum atomic E-state index is 12.1. The third kappa shape index (κ3) is 4.00. The van der Waals surface area contributed by atoms with Gasteiger partial charge in [-0.15, -0.1) is 0 Å². The highest BCUT2D eigenvalue weighted by molar-refractivity contribution is 7.89. The van der Waals surface area contributed by atoms with Crippen LogP contribution in [0.3, 0.4) is 0 Å². The Morgan fingerprint density at radius 3 is 2.71 bits per heavy atom. The number of hydrogen-bond acceptors (Lipinski definition) is 4. The van der Waals surface area contributed by atoms with E-state index in [2.05, 4.69) is 61.9 Å². The number of rotatable bonds is 5. The number of primary sulfonamides is 1. The molecular formula is C24H30N4O2S. The molecule has 2 atom stereocenters. The van der Waals surface area contributed by atoms with Crippen LogP contribution in [-0.2, 0) is 28.4 Å². The molecule has 2 heterocycles. The van der Waals surface area contributed by atoms with E-state index in [0.29, 0.717) is 6.42 Å². The van der Waals surface area contributed by atoms with Crippen molar-refractivity contribution in [3.8, 4) is 0 Å². The number of imidazole rings is 1. The van der Waals surface area contributed by atoms with E-state index in [9.17, 15) is 8.42 Å². The monoisotopic (exact) mass is 438 g/mol. The first kappa shape index (κ1) is 21.6. The Hall–Kier alpha value is -2.64. The summed E-state index contributed by atoms with van der Waals surface area (Å²) < 4.78 is 26.4. The lowest BCUT2D eigenvalue weighted by molar-refractivity contribution is 0.564. The van der Waals surface area contributed by atoms with Crippen LogP contribution in [0.15, 0.2) is 59.0 Å². The topological polar surface area (TPSA) is 90.0 Å². The Bertz CT molecular complexity index is 1220. The summed E-state index contributed by atoms with van der Waals surface area (Å²) >= 11 is 0. The van der Waals surface area contributed by atoms with E-state index < -0.39 is 15.4 Å². The highest BCUT2D eigenvalue weighted by Gasteiger charge is 2.31. The number of anilines is 1. The number of aryl methyl sites for hydroxylation is 1. The SMILES string of the molecule is CCc1nc2c(n1CC1=CCC(C)(c3ccccc3S(N)(=O)=O)C=C1)NC(C)C=C2C. The molecule has 0 bridgehead atoms. The van der Waals surface area contributed by atoms with Crippen molar-refractivity contribution in [2.75, 3.05) is 5.32 Å². The molecule has 1 aromatic carbocycles. The summed E-state index contributed by atoms with van der Waals surface area (Å²) in [6.45, 7) is 9.15. The van der Waals surface area contributed by atoms with Crippen LogP contribution in [0.1, 0.15) is 51.2 Å². The summed E-state index contributed by atoms with van der Waals surface area (Å²) in [7, 11) is -3.79. The van der Waals surface area contributed by atoms with Gasteiger partial charge in [-0.1, -0.05) is 56.4 Å². The molecule has 3 N–H and O–H groups in total. The van der Waals surface area contributed by atoms with E-state index in [1.807, 2.05) is 12.1 Å². The van der Waals surface area contributed by atoms with Gasteiger partial charge in [0.1, 0.15) is 17.3 Å². The second-order valence-electron chi connectivity index (χ2n) is 8.72. The number of nitrogens with zero attached hydrogens (tertiary/aromatic N) is 2. The average Bonchev–Trinajstić information content (AvgIpc) is 3.07. The van der Waals surface area contributed by atoms with Crippen molar-refractivity contribution in [3.05, 3.63) is 71.2 Å². The molecule has 1 aliphatic carbocycles. The Morgan fingerprint density at radius 1 is 1.32 bits per heavy atom. The molecule has 4 rings (SSSR count). The number of hydrogen-bond donors (Lipinski definition) is 2. The van der Waals surface area contributed by atoms with Crippen molar-refractivity contribution in [1.82, 2.24) is 9.55 Å². The molecule has 2 unspecified atom stereocenters. The third-order valence-corrected chi connectivity index (χ3v) is 7.17. The largest absolute Gasteiger partial charge is 0.364 e. The Morgan fingerprint density at radius 2 is 2.06 bits per heavy atom. The molecule has 1 aliphatic heterocycles. The molecular weight excluding hydrogens is 408 g/mol. The van der Waals surface area contributed by atoms with E-state index >= 15 is 0 Å². The minimum atomic E-state index is -3.79. The van der Waals surface area contributed by atoms with Crippen molar-refractivity contribution in [3.63, 3.8) is 0 Å². The van der Waals surface area contributed by atoms with E-state index in [-0.39, 0.29) is 10.9 Å². The first-order valence-electron chi connectivity index (χ1n) is 10.7. The van der Waals surface area contributed by atoms with Crippen molar-refractivity contribution in [2.45, 2.75) is 63.4 Å². The number of aromatic nitrogens is 2. The lowest BCUT2D eigenvalue weighted by Crippen LogP contribution is -2.26. The van der Waals surface area contributed by atoms with E-state index in [0.717, 1.165) is 35.9 Å². The average molecular weight is 439 g/mol. The number of sulfonamides is 1. The molecule has 0 saturated heterocycles. The fraction of sp³-hybridized carbons (Fsp3) is 0.375. The van der Waals surface area contributed by atoms with Crippen molar-refractivity contribution in [2.24, 2.45) is 5.14 Å². The van der Waals surface area contributed by atoms with Gasteiger partial charge in [0.15, 0.2) is 0 Å². The fourth-order valence-corrected chi connectivity index (χ4v) is 5.40. The summed E-state index contributed by atoms with van der Waals surface area (Å²) in [6.07, 6.45) is 10.2. The Balaban J connectivity index is 1.63. The zero-order valence-corrected chi connectivity index (χ0v) is 19.3. The maximum absolute atomic E-state index is 12.1. The molecule has 0 spiro atoms. The van der Waals surface area contributed by atoms with Crippen LogP contribution >= 0.6 is 0 Å². The molecule has 164 valence electrons. The van der Waals surface area contributed by atoms with Gasteiger partial charge in [0, 0.05) is 17.9 Å². The van der Waals surface area contributed by atoms with Crippen molar-refractivity contribution < 1.29 is 8.42 Å². The highest BCUT2D eigenvalue weighted by Crippen LogP contribution is 2.38. The quantitative estimate of drug-likeness (QED) is 0.734. The summed E-state index contributed by atoms with van der Waals surface area (Å²) in [4.78, 5) is 5.06. The van der Waals surface area contributed by atoms with Crippen LogP contribution in [-0.4, -0.2) is 24.0 Å². The van der Waals surface area contributed by atoms with Gasteiger partial charge in [0.25, 0.3) is 0 Å². The smallest absolute Gasteiger partial charge is 0.238 e. The highest BCUT2D eigenvalue weighted by atomic mass is 32.2. The number of benzene rings is 1. The van der Waals surface area contributed by atoms with E-state index in [1.165, 1.54) is 11.1 Å². The van der Waals surface area contributed by atoms with Crippen LogP contribution in [0.5, 0.6) is 0 Å². The first-order valence-corrected chi connectivity index (χ1v) is 12.2. The number of nitrogens with two attached hydrogens (primary N) is 1. The Labute approximate surface area is 184 Å². The van der Waals surface area contributed by atoms with Crippen LogP contribution in [0.25, 0.3) is 5.57 Å². The normalized spacial score (nSPS) is 23.1. The van der Waals surface area contributed by atoms with Crippen LogP contribution in [0, 0.1) is 0 Å². The van der Waals surface area contributed by atoms with Crippen LogP contribution < -0.4 is 10.5 Å². The molecule has 0 saturated carbocycles. The lowest BCUT2D eigenvalue weighted by Gasteiger charge is -2.30. The summed E-state index contributed by atoms with van der Waals surface area (Å²) in [6, 6.07) is 7.26. The van der Waals surface area contributed by atoms with Gasteiger partial charge in [0.2, 0.25) is 10.0 Å². The molecule has 0 amide bonds. The standard InChI is InChI=1S/C24H30N4O2S/c1-5-21-27-22-16(2)14-17(3)26-23(22)28(21)15-18-10-12-24(4,13-11-18)19-8-6-7-9-20(19)31(25,29)30/h6-12,14,17,26H,5,13,15H2,1-4H3,(H2,25,29,30). The van der Waals surface area contributed by atoms with Crippen molar-refractivity contribution >= 4 is 21.4 Å². The summed E-state index contributed by atoms with van der Waals surface area (Å²) in [5.41, 5.74) is 3.72. The van der Waals surface area contributed by atoms with Crippen LogP contribution in [0.2, 0.25) is 0 Å².